The maximum atomic E-state index is 11.6. The zero-order valence-corrected chi connectivity index (χ0v) is 9.50. The van der Waals surface area contributed by atoms with Gasteiger partial charge < -0.3 is 10.4 Å². The number of hydrogen-bond acceptors (Lipinski definition) is 2. The van der Waals surface area contributed by atoms with Crippen molar-refractivity contribution in [1.82, 2.24) is 5.32 Å². The fourth-order valence-corrected chi connectivity index (χ4v) is 2.48. The van der Waals surface area contributed by atoms with Crippen LogP contribution in [0.4, 0.5) is 0 Å². The minimum atomic E-state index is -0.910. The smallest absolute Gasteiger partial charge is 0.329 e. The first-order valence-corrected chi connectivity index (χ1v) is 6.17. The van der Waals surface area contributed by atoms with E-state index in [1.165, 1.54) is 25.7 Å². The van der Waals surface area contributed by atoms with Crippen LogP contribution in [0.15, 0.2) is 0 Å². The summed E-state index contributed by atoms with van der Waals surface area (Å²) in [6.07, 6.45) is 7.60. The molecule has 90 valence electrons. The lowest BCUT2D eigenvalue weighted by molar-refractivity contribution is -0.143. The molecule has 0 aromatic rings. The molecule has 0 bridgehead atoms. The summed E-state index contributed by atoms with van der Waals surface area (Å²) in [6, 6.07) is 0. The molecule has 0 aromatic heterocycles. The molecule has 0 heterocycles. The molecule has 0 radical (unpaired) electrons. The zero-order chi connectivity index (χ0) is 11.6. The van der Waals surface area contributed by atoms with Crippen LogP contribution in [0.25, 0.3) is 0 Å². The molecular weight excluding hydrogens is 206 g/mol. The van der Waals surface area contributed by atoms with E-state index in [1.807, 2.05) is 0 Å². The average molecular weight is 225 g/mol. The van der Waals surface area contributed by atoms with Crippen molar-refractivity contribution in [1.29, 1.82) is 0 Å². The van der Waals surface area contributed by atoms with Crippen LogP contribution >= 0.6 is 0 Å². The monoisotopic (exact) mass is 225 g/mol. The first-order valence-electron chi connectivity index (χ1n) is 6.17. The summed E-state index contributed by atoms with van der Waals surface area (Å²) in [5.74, 6) is -0.292. The van der Waals surface area contributed by atoms with Gasteiger partial charge in [0.15, 0.2) is 0 Å². The van der Waals surface area contributed by atoms with Crippen molar-refractivity contribution < 1.29 is 14.7 Å². The number of carbonyl (C=O) groups excluding carboxylic acids is 1. The maximum absolute atomic E-state index is 11.6. The van der Waals surface area contributed by atoms with E-state index in [1.54, 1.807) is 0 Å². The number of carboxylic acids is 1. The van der Waals surface area contributed by atoms with Crippen molar-refractivity contribution in [2.75, 3.05) is 0 Å². The van der Waals surface area contributed by atoms with Gasteiger partial charge in [0.2, 0.25) is 5.91 Å². The Hall–Kier alpha value is -1.06. The lowest BCUT2D eigenvalue weighted by Gasteiger charge is -2.13. The summed E-state index contributed by atoms with van der Waals surface area (Å²) in [6.45, 7) is 0. The summed E-state index contributed by atoms with van der Waals surface area (Å²) in [7, 11) is 0. The van der Waals surface area contributed by atoms with Crippen molar-refractivity contribution in [2.24, 2.45) is 5.92 Å². The molecule has 2 rings (SSSR count). The predicted octanol–water partition coefficient (Wildman–Crippen LogP) is 1.69. The Balaban J connectivity index is 1.70. The van der Waals surface area contributed by atoms with Crippen molar-refractivity contribution in [3.63, 3.8) is 0 Å². The molecule has 2 saturated carbocycles. The molecule has 2 N–H and O–H groups in total. The molecule has 16 heavy (non-hydrogen) atoms. The Morgan fingerprint density at radius 1 is 1.25 bits per heavy atom. The molecule has 0 unspecified atom stereocenters. The summed E-state index contributed by atoms with van der Waals surface area (Å²) >= 11 is 0. The van der Waals surface area contributed by atoms with Crippen LogP contribution in [0.1, 0.15) is 51.4 Å². The highest BCUT2D eigenvalue weighted by atomic mass is 16.4. The van der Waals surface area contributed by atoms with Gasteiger partial charge in [-0.15, -0.1) is 0 Å². The molecule has 2 aliphatic rings. The van der Waals surface area contributed by atoms with E-state index in [-0.39, 0.29) is 5.91 Å². The first kappa shape index (κ1) is 11.4. The van der Waals surface area contributed by atoms with E-state index in [0.717, 1.165) is 6.42 Å². The summed E-state index contributed by atoms with van der Waals surface area (Å²) < 4.78 is 0. The average Bonchev–Trinajstić information content (AvgIpc) is 2.84. The Morgan fingerprint density at radius 2 is 1.88 bits per heavy atom. The van der Waals surface area contributed by atoms with Crippen LogP contribution < -0.4 is 5.32 Å². The van der Waals surface area contributed by atoms with Crippen molar-refractivity contribution in [3.05, 3.63) is 0 Å². The van der Waals surface area contributed by atoms with Gasteiger partial charge in [0.05, 0.1) is 0 Å². The zero-order valence-electron chi connectivity index (χ0n) is 9.50. The van der Waals surface area contributed by atoms with Crippen LogP contribution in [0, 0.1) is 5.92 Å². The summed E-state index contributed by atoms with van der Waals surface area (Å²) in [5.41, 5.74) is -0.910. The Morgan fingerprint density at radius 3 is 2.38 bits per heavy atom. The van der Waals surface area contributed by atoms with Crippen LogP contribution in [-0.2, 0) is 9.59 Å². The quantitative estimate of drug-likeness (QED) is 0.748. The fourth-order valence-electron chi connectivity index (χ4n) is 2.48. The topological polar surface area (TPSA) is 66.4 Å². The molecule has 0 atom stereocenters. The minimum Gasteiger partial charge on any atom is -0.480 e. The third-order valence-corrected chi connectivity index (χ3v) is 3.79. The number of hydrogen-bond donors (Lipinski definition) is 2. The normalized spacial score (nSPS) is 23.0. The SMILES string of the molecule is O=C(CCC1CCCC1)NC1(C(=O)O)CC1. The molecule has 0 saturated heterocycles. The molecule has 2 aliphatic carbocycles. The number of amides is 1. The predicted molar refractivity (Wildman–Crippen MR) is 58.9 cm³/mol. The summed E-state index contributed by atoms with van der Waals surface area (Å²) in [4.78, 5) is 22.5. The number of carboxylic acid groups (broad SMARTS) is 1. The van der Waals surface area contributed by atoms with Crippen molar-refractivity contribution >= 4 is 11.9 Å². The number of nitrogens with one attached hydrogen (secondary N) is 1. The van der Waals surface area contributed by atoms with Crippen molar-refractivity contribution in [3.8, 4) is 0 Å². The number of rotatable bonds is 5. The van der Waals surface area contributed by atoms with Crippen LogP contribution in [0.5, 0.6) is 0 Å². The number of aliphatic carboxylic acids is 1. The van der Waals surface area contributed by atoms with Gasteiger partial charge in [-0.2, -0.15) is 0 Å². The Kier molecular flexibility index (Phi) is 3.17. The van der Waals surface area contributed by atoms with Gasteiger partial charge in [0, 0.05) is 6.42 Å². The third kappa shape index (κ3) is 2.54. The van der Waals surface area contributed by atoms with Gasteiger partial charge >= 0.3 is 5.97 Å². The van der Waals surface area contributed by atoms with E-state index in [4.69, 9.17) is 5.11 Å². The minimum absolute atomic E-state index is 0.0909. The Bertz CT molecular complexity index is 291. The van der Waals surface area contributed by atoms with Crippen LogP contribution in [-0.4, -0.2) is 22.5 Å². The van der Waals surface area contributed by atoms with Gasteiger partial charge in [-0.3, -0.25) is 4.79 Å². The fraction of sp³-hybridized carbons (Fsp3) is 0.833. The first-order chi connectivity index (χ1) is 7.62. The molecule has 0 aliphatic heterocycles. The van der Waals surface area contributed by atoms with Gasteiger partial charge in [-0.05, 0) is 25.2 Å². The maximum Gasteiger partial charge on any atom is 0.329 e. The highest BCUT2D eigenvalue weighted by Gasteiger charge is 2.51. The summed E-state index contributed by atoms with van der Waals surface area (Å²) in [5, 5.41) is 11.6. The van der Waals surface area contributed by atoms with Crippen LogP contribution in [0.3, 0.4) is 0 Å². The Labute approximate surface area is 95.4 Å². The molecule has 0 spiro atoms. The molecule has 2 fully saturated rings. The van der Waals surface area contributed by atoms with E-state index >= 15 is 0 Å². The second kappa shape index (κ2) is 4.44. The lowest BCUT2D eigenvalue weighted by Crippen LogP contribution is -2.43. The second-order valence-electron chi connectivity index (χ2n) is 5.12. The third-order valence-electron chi connectivity index (χ3n) is 3.79. The number of carbonyl (C=O) groups is 2. The molecule has 4 nitrogen and oxygen atoms in total. The van der Waals surface area contributed by atoms with Gasteiger partial charge in [0.1, 0.15) is 5.54 Å². The van der Waals surface area contributed by atoms with Gasteiger partial charge in [-0.1, -0.05) is 25.7 Å². The molecule has 1 amide bonds. The van der Waals surface area contributed by atoms with Gasteiger partial charge in [-0.25, -0.2) is 4.79 Å². The lowest BCUT2D eigenvalue weighted by atomic mass is 10.0. The molecule has 4 heteroatoms. The highest BCUT2D eigenvalue weighted by molar-refractivity contribution is 5.89. The molecule has 0 aromatic carbocycles. The largest absolute Gasteiger partial charge is 0.480 e. The van der Waals surface area contributed by atoms with E-state index in [9.17, 15) is 9.59 Å². The standard InChI is InChI=1S/C12H19NO3/c14-10(6-5-9-3-1-2-4-9)13-12(7-8-12)11(15)16/h9H,1-8H2,(H,13,14)(H,15,16). The highest BCUT2D eigenvalue weighted by Crippen LogP contribution is 2.36. The van der Waals surface area contributed by atoms with Crippen LogP contribution in [0.2, 0.25) is 0 Å². The second-order valence-corrected chi connectivity index (χ2v) is 5.12. The molecular formula is C12H19NO3. The van der Waals surface area contributed by atoms with E-state index in [0.29, 0.717) is 25.2 Å². The van der Waals surface area contributed by atoms with E-state index < -0.39 is 11.5 Å². The van der Waals surface area contributed by atoms with Crippen molar-refractivity contribution in [2.45, 2.75) is 56.9 Å². The van der Waals surface area contributed by atoms with Gasteiger partial charge in [0.25, 0.3) is 0 Å². The van der Waals surface area contributed by atoms with E-state index in [2.05, 4.69) is 5.32 Å².